The van der Waals surface area contributed by atoms with Crippen LogP contribution in [0.15, 0.2) is 41.3 Å². The zero-order chi connectivity index (χ0) is 20.7. The first kappa shape index (κ1) is 22.0. The maximum absolute atomic E-state index is 12.7. The Hall–Kier alpha value is -2.25. The second-order valence-electron chi connectivity index (χ2n) is 6.58. The molecule has 28 heavy (non-hydrogen) atoms. The minimum absolute atomic E-state index is 0.109. The molecule has 0 fully saturated rings. The van der Waals surface area contributed by atoms with Crippen LogP contribution < -0.4 is 0 Å². The van der Waals surface area contributed by atoms with Crippen LogP contribution in [0.1, 0.15) is 47.6 Å². The number of esters is 1. The molecule has 0 aliphatic carbocycles. The molecule has 152 valence electrons. The van der Waals surface area contributed by atoms with Gasteiger partial charge < -0.3 is 4.74 Å². The van der Waals surface area contributed by atoms with Crippen molar-refractivity contribution in [3.8, 4) is 0 Å². The fourth-order valence-electron chi connectivity index (χ4n) is 2.93. The van der Waals surface area contributed by atoms with Gasteiger partial charge in [0.05, 0.1) is 17.1 Å². The van der Waals surface area contributed by atoms with Crippen molar-refractivity contribution in [2.75, 3.05) is 19.7 Å². The number of hydrogen-bond donors (Lipinski definition) is 0. The molecule has 0 bridgehead atoms. The van der Waals surface area contributed by atoms with Crippen LogP contribution in [0.3, 0.4) is 0 Å². The summed E-state index contributed by atoms with van der Waals surface area (Å²) in [5.74, 6) is -0.508. The van der Waals surface area contributed by atoms with Crippen molar-refractivity contribution in [2.45, 2.75) is 45.4 Å². The highest BCUT2D eigenvalue weighted by Gasteiger charge is 2.23. The van der Waals surface area contributed by atoms with Crippen molar-refractivity contribution < 1.29 is 17.9 Å². The third-order valence-corrected chi connectivity index (χ3v) is 6.57. The predicted octanol–water partition coefficient (Wildman–Crippen LogP) is 3.52. The average molecular weight is 405 g/mol. The van der Waals surface area contributed by atoms with E-state index in [-0.39, 0.29) is 17.1 Å². The average Bonchev–Trinajstić information content (AvgIpc) is 2.66. The minimum Gasteiger partial charge on any atom is -0.462 e. The number of ether oxygens (including phenoxy) is 1. The number of hydrogen-bond acceptors (Lipinski definition) is 5. The molecule has 6 nitrogen and oxygen atoms in total. The molecular weight excluding hydrogens is 376 g/mol. The van der Waals surface area contributed by atoms with Gasteiger partial charge in [-0.25, -0.2) is 13.2 Å². The zero-order valence-electron chi connectivity index (χ0n) is 16.9. The summed E-state index contributed by atoms with van der Waals surface area (Å²) in [7, 11) is -3.62. The lowest BCUT2D eigenvalue weighted by Crippen LogP contribution is -2.30. The molecule has 2 aromatic rings. The maximum atomic E-state index is 12.7. The number of aryl methyl sites for hydroxylation is 3. The Morgan fingerprint density at radius 2 is 1.82 bits per heavy atom. The molecule has 1 aromatic carbocycles. The van der Waals surface area contributed by atoms with Crippen LogP contribution in [-0.4, -0.2) is 43.4 Å². The van der Waals surface area contributed by atoms with Crippen molar-refractivity contribution in [3.63, 3.8) is 0 Å². The van der Waals surface area contributed by atoms with Crippen molar-refractivity contribution in [2.24, 2.45) is 0 Å². The van der Waals surface area contributed by atoms with E-state index < -0.39 is 16.0 Å². The molecule has 0 radical (unpaired) electrons. The summed E-state index contributed by atoms with van der Waals surface area (Å²) in [6.45, 7) is 8.27. The van der Waals surface area contributed by atoms with Gasteiger partial charge in [0.1, 0.15) is 0 Å². The number of benzene rings is 1. The lowest BCUT2D eigenvalue weighted by atomic mass is 10.1. The highest BCUT2D eigenvalue weighted by atomic mass is 32.2. The molecule has 0 spiro atoms. The molecular formula is C21H28N2O4S. The van der Waals surface area contributed by atoms with Crippen LogP contribution in [0.2, 0.25) is 0 Å². The molecule has 0 saturated carbocycles. The SMILES string of the molecule is CCN(CC)S(=O)(=O)c1ccc(C)c(C(=O)OCCCc2cccc(C)n2)c1. The van der Waals surface area contributed by atoms with E-state index in [1.165, 1.54) is 16.4 Å². The number of aromatic nitrogens is 1. The highest BCUT2D eigenvalue weighted by molar-refractivity contribution is 7.89. The minimum atomic E-state index is -3.62. The second kappa shape index (κ2) is 9.80. The first-order valence-corrected chi connectivity index (χ1v) is 10.9. The molecule has 7 heteroatoms. The molecule has 1 aromatic heterocycles. The van der Waals surface area contributed by atoms with Gasteiger partial charge >= 0.3 is 5.97 Å². The monoisotopic (exact) mass is 404 g/mol. The number of rotatable bonds is 9. The van der Waals surface area contributed by atoms with Gasteiger partial charge in [-0.15, -0.1) is 0 Å². The van der Waals surface area contributed by atoms with Gasteiger partial charge in [-0.2, -0.15) is 4.31 Å². The summed E-state index contributed by atoms with van der Waals surface area (Å²) in [6.07, 6.45) is 1.36. The Balaban J connectivity index is 2.04. The molecule has 0 aliphatic heterocycles. The van der Waals surface area contributed by atoms with Gasteiger partial charge in [0.25, 0.3) is 0 Å². The van der Waals surface area contributed by atoms with E-state index in [0.717, 1.165) is 11.4 Å². The molecule has 0 saturated heterocycles. The van der Waals surface area contributed by atoms with Crippen molar-refractivity contribution in [3.05, 3.63) is 58.9 Å². The van der Waals surface area contributed by atoms with Crippen LogP contribution in [0.25, 0.3) is 0 Å². The zero-order valence-corrected chi connectivity index (χ0v) is 17.8. The fraction of sp³-hybridized carbons (Fsp3) is 0.429. The van der Waals surface area contributed by atoms with Crippen LogP contribution in [0.5, 0.6) is 0 Å². The first-order chi connectivity index (χ1) is 13.3. The molecule has 0 aliphatic rings. The van der Waals surface area contributed by atoms with Crippen LogP contribution in [0.4, 0.5) is 0 Å². The normalized spacial score (nSPS) is 11.6. The molecule has 0 atom stereocenters. The number of nitrogens with zero attached hydrogens (tertiary/aromatic N) is 2. The Labute approximate surface area is 167 Å². The summed E-state index contributed by atoms with van der Waals surface area (Å²) in [6, 6.07) is 10.4. The van der Waals surface area contributed by atoms with E-state index in [4.69, 9.17) is 4.74 Å². The van der Waals surface area contributed by atoms with Crippen LogP contribution >= 0.6 is 0 Å². The Morgan fingerprint density at radius 3 is 2.46 bits per heavy atom. The van der Waals surface area contributed by atoms with E-state index in [9.17, 15) is 13.2 Å². The standard InChI is InChI=1S/C21H28N2O4S/c1-5-23(6-2)28(25,26)19-13-12-16(3)20(15-19)21(24)27-14-8-11-18-10-7-9-17(4)22-18/h7,9-10,12-13,15H,5-6,8,11,14H2,1-4H3. The van der Waals surface area contributed by atoms with Crippen LogP contribution in [0, 0.1) is 13.8 Å². The van der Waals surface area contributed by atoms with Crippen LogP contribution in [-0.2, 0) is 21.2 Å². The molecule has 0 N–H and O–H groups in total. The Morgan fingerprint density at radius 1 is 1.11 bits per heavy atom. The number of carbonyl (C=O) groups is 1. The van der Waals surface area contributed by atoms with Gasteiger partial charge in [-0.3, -0.25) is 4.98 Å². The molecule has 0 unspecified atom stereocenters. The maximum Gasteiger partial charge on any atom is 0.338 e. The largest absolute Gasteiger partial charge is 0.462 e. The van der Waals surface area contributed by atoms with E-state index in [2.05, 4.69) is 4.98 Å². The topological polar surface area (TPSA) is 76.6 Å². The summed E-state index contributed by atoms with van der Waals surface area (Å²) < 4.78 is 32.1. The quantitative estimate of drug-likeness (QED) is 0.472. The third kappa shape index (κ3) is 5.39. The summed E-state index contributed by atoms with van der Waals surface area (Å²) in [5, 5.41) is 0. The lowest BCUT2D eigenvalue weighted by Gasteiger charge is -2.19. The smallest absolute Gasteiger partial charge is 0.338 e. The van der Waals surface area contributed by atoms with Gasteiger partial charge in [-0.1, -0.05) is 26.0 Å². The Bertz CT molecular complexity index is 922. The fourth-order valence-corrected chi connectivity index (χ4v) is 4.41. The van der Waals surface area contributed by atoms with Gasteiger partial charge in [-0.05, 0) is 56.5 Å². The second-order valence-corrected chi connectivity index (χ2v) is 8.51. The van der Waals surface area contributed by atoms with Gasteiger partial charge in [0.2, 0.25) is 10.0 Å². The van der Waals surface area contributed by atoms with Crippen molar-refractivity contribution >= 4 is 16.0 Å². The number of sulfonamides is 1. The van der Waals surface area contributed by atoms with Crippen molar-refractivity contribution in [1.82, 2.24) is 9.29 Å². The summed E-state index contributed by atoms with van der Waals surface area (Å²) >= 11 is 0. The third-order valence-electron chi connectivity index (χ3n) is 4.53. The summed E-state index contributed by atoms with van der Waals surface area (Å²) in [4.78, 5) is 17.0. The van der Waals surface area contributed by atoms with Gasteiger partial charge in [0.15, 0.2) is 0 Å². The Kier molecular flexibility index (Phi) is 7.71. The molecule has 1 heterocycles. The highest BCUT2D eigenvalue weighted by Crippen LogP contribution is 2.20. The van der Waals surface area contributed by atoms with E-state index >= 15 is 0 Å². The number of carbonyl (C=O) groups excluding carboxylic acids is 1. The van der Waals surface area contributed by atoms with E-state index in [1.807, 2.05) is 25.1 Å². The molecule has 2 rings (SSSR count). The van der Waals surface area contributed by atoms with Crippen molar-refractivity contribution in [1.29, 1.82) is 0 Å². The lowest BCUT2D eigenvalue weighted by molar-refractivity contribution is 0.0499. The van der Waals surface area contributed by atoms with E-state index in [1.54, 1.807) is 26.8 Å². The first-order valence-electron chi connectivity index (χ1n) is 9.50. The van der Waals surface area contributed by atoms with E-state index in [0.29, 0.717) is 31.5 Å². The summed E-state index contributed by atoms with van der Waals surface area (Å²) in [5.41, 5.74) is 2.88. The van der Waals surface area contributed by atoms with Gasteiger partial charge in [0, 0.05) is 24.5 Å². The molecule has 0 amide bonds. The predicted molar refractivity (Wildman–Crippen MR) is 109 cm³/mol. The number of pyridine rings is 1.